The van der Waals surface area contributed by atoms with Crippen molar-refractivity contribution < 1.29 is 14.7 Å². The van der Waals surface area contributed by atoms with Gasteiger partial charge in [-0.25, -0.2) is 9.59 Å². The molecule has 0 atom stereocenters. The molecule has 1 aliphatic heterocycles. The molecule has 0 radical (unpaired) electrons. The van der Waals surface area contributed by atoms with Crippen LogP contribution in [0.1, 0.15) is 36.2 Å². The van der Waals surface area contributed by atoms with E-state index in [2.05, 4.69) is 19.2 Å². The Morgan fingerprint density at radius 2 is 2.05 bits per heavy atom. The first-order chi connectivity index (χ1) is 9.28. The van der Waals surface area contributed by atoms with Crippen molar-refractivity contribution in [3.05, 3.63) is 29.3 Å². The van der Waals surface area contributed by atoms with E-state index in [1.165, 1.54) is 6.07 Å². The molecular weight excluding hydrogens is 256 g/mol. The van der Waals surface area contributed by atoms with E-state index in [-0.39, 0.29) is 17.0 Å². The van der Waals surface area contributed by atoms with Crippen molar-refractivity contribution in [2.45, 2.75) is 27.2 Å². The van der Waals surface area contributed by atoms with Crippen LogP contribution in [0.4, 0.5) is 10.5 Å². The number of amides is 2. The fraction of sp³-hybridized carbons (Fsp3) is 0.467. The predicted octanol–water partition coefficient (Wildman–Crippen LogP) is 2.96. The van der Waals surface area contributed by atoms with Gasteiger partial charge in [0.05, 0.1) is 5.56 Å². The van der Waals surface area contributed by atoms with Crippen LogP contribution in [0.25, 0.3) is 0 Å². The van der Waals surface area contributed by atoms with Crippen molar-refractivity contribution in [2.24, 2.45) is 5.41 Å². The Labute approximate surface area is 118 Å². The maximum absolute atomic E-state index is 12.1. The lowest BCUT2D eigenvalue weighted by Crippen LogP contribution is -2.34. The summed E-state index contributed by atoms with van der Waals surface area (Å²) < 4.78 is 0. The molecule has 2 amide bonds. The molecule has 0 bridgehead atoms. The Bertz CT molecular complexity index is 552. The van der Waals surface area contributed by atoms with Crippen LogP contribution in [-0.2, 0) is 0 Å². The second-order valence-electron chi connectivity index (χ2n) is 6.10. The van der Waals surface area contributed by atoms with Gasteiger partial charge in [-0.05, 0) is 42.5 Å². The minimum atomic E-state index is -0.957. The van der Waals surface area contributed by atoms with E-state index in [1.54, 1.807) is 24.0 Å². The number of aromatic carboxylic acids is 1. The molecule has 1 aromatic rings. The van der Waals surface area contributed by atoms with Crippen molar-refractivity contribution in [2.75, 3.05) is 18.4 Å². The molecule has 1 fully saturated rings. The van der Waals surface area contributed by atoms with Gasteiger partial charge in [0.25, 0.3) is 0 Å². The first kappa shape index (κ1) is 14.4. The van der Waals surface area contributed by atoms with E-state index in [0.29, 0.717) is 11.3 Å². The number of urea groups is 1. The molecule has 5 nitrogen and oxygen atoms in total. The third-order valence-corrected chi connectivity index (χ3v) is 3.67. The lowest BCUT2D eigenvalue weighted by atomic mass is 9.93. The highest BCUT2D eigenvalue weighted by Gasteiger charge is 2.31. The van der Waals surface area contributed by atoms with Crippen LogP contribution in [0.15, 0.2) is 18.2 Å². The van der Waals surface area contributed by atoms with Crippen LogP contribution in [-0.4, -0.2) is 35.1 Å². The van der Waals surface area contributed by atoms with E-state index >= 15 is 0 Å². The molecule has 1 saturated heterocycles. The van der Waals surface area contributed by atoms with Crippen molar-refractivity contribution in [3.8, 4) is 0 Å². The van der Waals surface area contributed by atoms with Gasteiger partial charge in [-0.1, -0.05) is 13.8 Å². The number of hydrogen-bond acceptors (Lipinski definition) is 2. The molecule has 1 aromatic carbocycles. The molecule has 0 aliphatic carbocycles. The number of benzene rings is 1. The molecular formula is C15H20N2O3. The second-order valence-corrected chi connectivity index (χ2v) is 6.10. The summed E-state index contributed by atoms with van der Waals surface area (Å²) in [6.45, 7) is 7.51. The third kappa shape index (κ3) is 3.10. The van der Waals surface area contributed by atoms with Gasteiger partial charge in [0.2, 0.25) is 0 Å². The molecule has 108 valence electrons. The van der Waals surface area contributed by atoms with Crippen molar-refractivity contribution in [1.29, 1.82) is 0 Å². The lowest BCUT2D eigenvalue weighted by Gasteiger charge is -2.20. The first-order valence-corrected chi connectivity index (χ1v) is 6.68. The topological polar surface area (TPSA) is 69.6 Å². The van der Waals surface area contributed by atoms with E-state index in [9.17, 15) is 9.59 Å². The number of anilines is 1. The van der Waals surface area contributed by atoms with Crippen LogP contribution in [0.5, 0.6) is 0 Å². The standard InChI is InChI=1S/C15H20N2O3/c1-10-8-11(4-5-12(10)13(18)19)16-14(20)17-7-6-15(2,3)9-17/h4-5,8H,6-7,9H2,1-3H3,(H,16,20)(H,18,19). The monoisotopic (exact) mass is 276 g/mol. The largest absolute Gasteiger partial charge is 0.478 e. The van der Waals surface area contributed by atoms with Crippen LogP contribution in [0.3, 0.4) is 0 Å². The summed E-state index contributed by atoms with van der Waals surface area (Å²) in [6.07, 6.45) is 0.997. The number of likely N-dealkylation sites (tertiary alicyclic amines) is 1. The summed E-state index contributed by atoms with van der Waals surface area (Å²) in [7, 11) is 0. The number of carboxylic acid groups (broad SMARTS) is 1. The summed E-state index contributed by atoms with van der Waals surface area (Å²) in [5.74, 6) is -0.957. The molecule has 1 heterocycles. The number of aryl methyl sites for hydroxylation is 1. The predicted molar refractivity (Wildman–Crippen MR) is 77.1 cm³/mol. The fourth-order valence-corrected chi connectivity index (χ4v) is 2.47. The van der Waals surface area contributed by atoms with Gasteiger partial charge in [-0.2, -0.15) is 0 Å². The zero-order valence-electron chi connectivity index (χ0n) is 12.1. The van der Waals surface area contributed by atoms with Crippen LogP contribution >= 0.6 is 0 Å². The smallest absolute Gasteiger partial charge is 0.335 e. The highest BCUT2D eigenvalue weighted by atomic mass is 16.4. The average molecular weight is 276 g/mol. The summed E-state index contributed by atoms with van der Waals surface area (Å²) in [5.41, 5.74) is 1.69. The number of carbonyl (C=O) groups excluding carboxylic acids is 1. The van der Waals surface area contributed by atoms with Crippen molar-refractivity contribution >= 4 is 17.7 Å². The van der Waals surface area contributed by atoms with E-state index in [1.807, 2.05) is 0 Å². The Hall–Kier alpha value is -2.04. The Balaban J connectivity index is 2.05. The van der Waals surface area contributed by atoms with Gasteiger partial charge in [0.15, 0.2) is 0 Å². The normalized spacial score (nSPS) is 17.1. The molecule has 2 rings (SSSR count). The zero-order chi connectivity index (χ0) is 14.9. The quantitative estimate of drug-likeness (QED) is 0.872. The SMILES string of the molecule is Cc1cc(NC(=O)N2CCC(C)(C)C2)ccc1C(=O)O. The lowest BCUT2D eigenvalue weighted by molar-refractivity contribution is 0.0696. The maximum atomic E-state index is 12.1. The van der Waals surface area contributed by atoms with Crippen LogP contribution < -0.4 is 5.32 Å². The summed E-state index contributed by atoms with van der Waals surface area (Å²) in [4.78, 5) is 24.9. The summed E-state index contributed by atoms with van der Waals surface area (Å²) in [5, 5.41) is 11.8. The Kier molecular flexibility index (Phi) is 3.70. The number of nitrogens with zero attached hydrogens (tertiary/aromatic N) is 1. The molecule has 0 unspecified atom stereocenters. The molecule has 20 heavy (non-hydrogen) atoms. The minimum Gasteiger partial charge on any atom is -0.478 e. The fourth-order valence-electron chi connectivity index (χ4n) is 2.47. The maximum Gasteiger partial charge on any atom is 0.335 e. The van der Waals surface area contributed by atoms with Gasteiger partial charge in [-0.3, -0.25) is 0 Å². The van der Waals surface area contributed by atoms with Crippen molar-refractivity contribution in [1.82, 2.24) is 4.90 Å². The summed E-state index contributed by atoms with van der Waals surface area (Å²) >= 11 is 0. The summed E-state index contributed by atoms with van der Waals surface area (Å²) in [6, 6.07) is 4.69. The highest BCUT2D eigenvalue weighted by molar-refractivity contribution is 5.92. The van der Waals surface area contributed by atoms with Crippen molar-refractivity contribution in [3.63, 3.8) is 0 Å². The van der Waals surface area contributed by atoms with Crippen LogP contribution in [0.2, 0.25) is 0 Å². The van der Waals surface area contributed by atoms with E-state index < -0.39 is 5.97 Å². The molecule has 5 heteroatoms. The number of hydrogen-bond donors (Lipinski definition) is 2. The molecule has 0 spiro atoms. The van der Waals surface area contributed by atoms with Gasteiger partial charge in [0, 0.05) is 18.8 Å². The highest BCUT2D eigenvalue weighted by Crippen LogP contribution is 2.29. The second kappa shape index (κ2) is 5.15. The number of rotatable bonds is 2. The van der Waals surface area contributed by atoms with E-state index in [0.717, 1.165) is 19.5 Å². The van der Waals surface area contributed by atoms with Gasteiger partial charge in [-0.15, -0.1) is 0 Å². The Morgan fingerprint density at radius 1 is 1.35 bits per heavy atom. The van der Waals surface area contributed by atoms with Gasteiger partial charge >= 0.3 is 12.0 Å². The third-order valence-electron chi connectivity index (χ3n) is 3.67. The zero-order valence-corrected chi connectivity index (χ0v) is 12.1. The minimum absolute atomic E-state index is 0.127. The molecule has 2 N–H and O–H groups in total. The number of carboxylic acids is 1. The average Bonchev–Trinajstić information content (AvgIpc) is 2.69. The van der Waals surface area contributed by atoms with Crippen LogP contribution in [0, 0.1) is 12.3 Å². The Morgan fingerprint density at radius 3 is 2.55 bits per heavy atom. The molecule has 1 aliphatic rings. The van der Waals surface area contributed by atoms with Gasteiger partial charge < -0.3 is 15.3 Å². The van der Waals surface area contributed by atoms with Gasteiger partial charge in [0.1, 0.15) is 0 Å². The first-order valence-electron chi connectivity index (χ1n) is 6.68. The van der Waals surface area contributed by atoms with E-state index in [4.69, 9.17) is 5.11 Å². The number of nitrogens with one attached hydrogen (secondary N) is 1. The molecule has 0 saturated carbocycles. The molecule has 0 aromatic heterocycles. The number of carbonyl (C=O) groups is 2.